The van der Waals surface area contributed by atoms with Crippen molar-refractivity contribution in [3.8, 4) is 11.4 Å². The Bertz CT molecular complexity index is 317. The van der Waals surface area contributed by atoms with Gasteiger partial charge in [-0.1, -0.05) is 30.3 Å². The van der Waals surface area contributed by atoms with Crippen LogP contribution in [-0.4, -0.2) is 8.75 Å². The Balaban J connectivity index is 2.46. The van der Waals surface area contributed by atoms with Gasteiger partial charge in [0.05, 0.1) is 4.37 Å². The second-order valence-corrected chi connectivity index (χ2v) is 3.58. The Morgan fingerprint density at radius 1 is 1.18 bits per heavy atom. The number of hydrogen-bond acceptors (Lipinski definition) is 3. The van der Waals surface area contributed by atoms with E-state index in [1.165, 1.54) is 21.1 Å². The highest BCUT2D eigenvalue weighted by molar-refractivity contribution is 7.64. The topological polar surface area (TPSA) is 25.8 Å². The summed E-state index contributed by atoms with van der Waals surface area (Å²) < 4.78 is 8.27. The third-order valence-corrected chi connectivity index (χ3v) is 2.52. The minimum Gasteiger partial charge on any atom is -0.112 e. The molecule has 0 saturated carbocycles. The summed E-state index contributed by atoms with van der Waals surface area (Å²) in [6.07, 6.45) is 0. The summed E-state index contributed by atoms with van der Waals surface area (Å²) in [5.41, 5.74) is 1.09. The SMILES string of the molecule is c1ccc(-c2ns[s+]n2)cc1. The maximum atomic E-state index is 4.14. The Labute approximate surface area is 71.9 Å². The summed E-state index contributed by atoms with van der Waals surface area (Å²) in [5, 5.41) is 0. The van der Waals surface area contributed by atoms with Gasteiger partial charge in [-0.05, 0) is 0 Å². The molecule has 0 aliphatic carbocycles. The molecule has 1 aromatic heterocycles. The molecule has 1 aromatic carbocycles. The van der Waals surface area contributed by atoms with Crippen molar-refractivity contribution in [1.82, 2.24) is 8.75 Å². The zero-order valence-electron chi connectivity index (χ0n) is 5.60. The fraction of sp³-hybridized carbons (Fsp3) is 0. The summed E-state index contributed by atoms with van der Waals surface area (Å²) in [6, 6.07) is 9.98. The van der Waals surface area contributed by atoms with Crippen molar-refractivity contribution in [3.05, 3.63) is 30.3 Å². The highest BCUT2D eigenvalue weighted by Gasteiger charge is 2.07. The highest BCUT2D eigenvalue weighted by Crippen LogP contribution is 2.16. The van der Waals surface area contributed by atoms with Crippen LogP contribution in [0, 0.1) is 0 Å². The van der Waals surface area contributed by atoms with E-state index in [1.54, 1.807) is 0 Å². The van der Waals surface area contributed by atoms with Crippen LogP contribution in [0.4, 0.5) is 0 Å². The third kappa shape index (κ3) is 1.41. The molecule has 0 unspecified atom stereocenters. The fourth-order valence-electron chi connectivity index (χ4n) is 0.813. The molecule has 0 saturated heterocycles. The maximum absolute atomic E-state index is 4.14. The van der Waals surface area contributed by atoms with E-state index in [-0.39, 0.29) is 0 Å². The number of rotatable bonds is 1. The summed E-state index contributed by atoms with van der Waals surface area (Å²) in [7, 11) is 2.83. The van der Waals surface area contributed by atoms with Crippen LogP contribution in [0.5, 0.6) is 0 Å². The molecule has 2 nitrogen and oxygen atoms in total. The molecule has 0 fully saturated rings. The first kappa shape index (κ1) is 6.82. The molecular formula is C7H5N2S2+. The van der Waals surface area contributed by atoms with E-state index in [4.69, 9.17) is 0 Å². The standard InChI is InChI=1S/C7H5N2S2/c1-2-4-6(5-3-1)7-8-10-11-9-7/h1-5H/q+1. The molecular weight excluding hydrogens is 176 g/mol. The molecule has 0 amide bonds. The predicted octanol–water partition coefficient (Wildman–Crippen LogP) is 2.55. The predicted molar refractivity (Wildman–Crippen MR) is 47.6 cm³/mol. The van der Waals surface area contributed by atoms with Crippen LogP contribution >= 0.6 is 21.1 Å². The molecule has 54 valence electrons. The first-order chi connectivity index (χ1) is 5.47. The van der Waals surface area contributed by atoms with Gasteiger partial charge in [0.25, 0.3) is 0 Å². The summed E-state index contributed by atoms with van der Waals surface area (Å²) >= 11 is 0. The van der Waals surface area contributed by atoms with Gasteiger partial charge in [-0.15, -0.1) is 4.37 Å². The van der Waals surface area contributed by atoms with Gasteiger partial charge in [0.1, 0.15) is 0 Å². The van der Waals surface area contributed by atoms with E-state index in [1.807, 2.05) is 30.3 Å². The highest BCUT2D eigenvalue weighted by atomic mass is 32.9. The van der Waals surface area contributed by atoms with Gasteiger partial charge < -0.3 is 0 Å². The average molecular weight is 181 g/mol. The number of nitrogens with zero attached hydrogens (tertiary/aromatic N) is 2. The Morgan fingerprint density at radius 3 is 2.64 bits per heavy atom. The van der Waals surface area contributed by atoms with Crippen LogP contribution in [0.15, 0.2) is 30.3 Å². The van der Waals surface area contributed by atoms with Crippen LogP contribution in [0.1, 0.15) is 0 Å². The van der Waals surface area contributed by atoms with Crippen molar-refractivity contribution in [3.63, 3.8) is 0 Å². The second-order valence-electron chi connectivity index (χ2n) is 2.02. The van der Waals surface area contributed by atoms with Gasteiger partial charge in [-0.25, -0.2) is 0 Å². The molecule has 1 heterocycles. The molecule has 11 heavy (non-hydrogen) atoms. The van der Waals surface area contributed by atoms with E-state index in [0.29, 0.717) is 0 Å². The maximum Gasteiger partial charge on any atom is 0.462 e. The lowest BCUT2D eigenvalue weighted by molar-refractivity contribution is 1.39. The van der Waals surface area contributed by atoms with E-state index < -0.39 is 0 Å². The molecule has 0 bridgehead atoms. The quantitative estimate of drug-likeness (QED) is 0.499. The fourth-order valence-corrected chi connectivity index (χ4v) is 1.99. The summed E-state index contributed by atoms with van der Waals surface area (Å²) in [5.74, 6) is 0.834. The van der Waals surface area contributed by atoms with E-state index in [9.17, 15) is 0 Å². The van der Waals surface area contributed by atoms with Crippen molar-refractivity contribution >= 4 is 21.1 Å². The largest absolute Gasteiger partial charge is 0.462 e. The lowest BCUT2D eigenvalue weighted by atomic mass is 10.2. The number of benzene rings is 1. The second kappa shape index (κ2) is 3.02. The zero-order chi connectivity index (χ0) is 7.52. The lowest BCUT2D eigenvalue weighted by Gasteiger charge is -1.87. The number of hydrogen-bond donors (Lipinski definition) is 0. The third-order valence-electron chi connectivity index (χ3n) is 1.31. The smallest absolute Gasteiger partial charge is 0.112 e. The molecule has 0 aliphatic heterocycles. The van der Waals surface area contributed by atoms with Crippen LogP contribution in [0.25, 0.3) is 11.4 Å². The van der Waals surface area contributed by atoms with Gasteiger partial charge in [-0.3, -0.25) is 0 Å². The van der Waals surface area contributed by atoms with Crippen LogP contribution in [-0.2, 0) is 0 Å². The van der Waals surface area contributed by atoms with Crippen LogP contribution < -0.4 is 0 Å². The van der Waals surface area contributed by atoms with Gasteiger partial charge in [0.15, 0.2) is 0 Å². The molecule has 4 heteroatoms. The van der Waals surface area contributed by atoms with E-state index in [0.717, 1.165) is 11.4 Å². The van der Waals surface area contributed by atoms with Crippen molar-refractivity contribution in [2.75, 3.05) is 0 Å². The molecule has 0 atom stereocenters. The molecule has 0 radical (unpaired) electrons. The van der Waals surface area contributed by atoms with Gasteiger partial charge in [0, 0.05) is 5.56 Å². The van der Waals surface area contributed by atoms with E-state index in [2.05, 4.69) is 8.75 Å². The minimum absolute atomic E-state index is 0.834. The van der Waals surface area contributed by atoms with Crippen molar-refractivity contribution in [1.29, 1.82) is 0 Å². The first-order valence-electron chi connectivity index (χ1n) is 3.14. The van der Waals surface area contributed by atoms with Crippen molar-refractivity contribution in [2.45, 2.75) is 0 Å². The molecule has 0 spiro atoms. The average Bonchev–Trinajstić information content (AvgIpc) is 2.58. The van der Waals surface area contributed by atoms with Gasteiger partial charge in [0.2, 0.25) is 5.82 Å². The molecule has 2 aromatic rings. The zero-order valence-corrected chi connectivity index (χ0v) is 7.23. The lowest BCUT2D eigenvalue weighted by Crippen LogP contribution is -1.76. The molecule has 2 rings (SSSR count). The first-order valence-corrected chi connectivity index (χ1v) is 5.20. The Morgan fingerprint density at radius 2 is 2.00 bits per heavy atom. The summed E-state index contributed by atoms with van der Waals surface area (Å²) in [4.78, 5) is 0. The monoisotopic (exact) mass is 181 g/mol. The number of aromatic nitrogens is 2. The Hall–Kier alpha value is -0.870. The van der Waals surface area contributed by atoms with Crippen molar-refractivity contribution in [2.24, 2.45) is 0 Å². The Kier molecular flexibility index (Phi) is 1.87. The van der Waals surface area contributed by atoms with E-state index >= 15 is 0 Å². The minimum atomic E-state index is 0.834. The van der Waals surface area contributed by atoms with Gasteiger partial charge in [-0.2, -0.15) is 0 Å². The molecule has 0 aliphatic rings. The van der Waals surface area contributed by atoms with Crippen molar-refractivity contribution < 1.29 is 0 Å². The van der Waals surface area contributed by atoms with Gasteiger partial charge >= 0.3 is 21.1 Å². The van der Waals surface area contributed by atoms with Crippen LogP contribution in [0.3, 0.4) is 0 Å². The normalized spacial score (nSPS) is 9.82. The molecule has 0 N–H and O–H groups in total. The summed E-state index contributed by atoms with van der Waals surface area (Å²) in [6.45, 7) is 0. The van der Waals surface area contributed by atoms with Crippen LogP contribution in [0.2, 0.25) is 0 Å².